The zero-order valence-electron chi connectivity index (χ0n) is 9.41. The van der Waals surface area contributed by atoms with Crippen LogP contribution in [0.15, 0.2) is 30.6 Å². The molecule has 0 saturated carbocycles. The molecule has 1 heterocycles. The van der Waals surface area contributed by atoms with E-state index in [0.717, 1.165) is 30.5 Å². The summed E-state index contributed by atoms with van der Waals surface area (Å²) in [7, 11) is 0. The molecular weight excluding hydrogens is 217 g/mol. The van der Waals surface area contributed by atoms with E-state index in [9.17, 15) is 4.39 Å². The first-order valence-electron chi connectivity index (χ1n) is 5.82. The average molecular weight is 231 g/mol. The molecule has 0 radical (unpaired) electrons. The number of H-pyrrole nitrogens is 1. The van der Waals surface area contributed by atoms with Gasteiger partial charge in [-0.1, -0.05) is 6.07 Å². The summed E-state index contributed by atoms with van der Waals surface area (Å²) in [6.45, 7) is 0.790. The van der Waals surface area contributed by atoms with Gasteiger partial charge in [0.1, 0.15) is 5.82 Å². The molecule has 1 atom stereocenters. The highest BCUT2D eigenvalue weighted by Crippen LogP contribution is 2.31. The van der Waals surface area contributed by atoms with Crippen molar-refractivity contribution in [2.75, 3.05) is 0 Å². The molecule has 0 spiro atoms. The molecule has 0 amide bonds. The summed E-state index contributed by atoms with van der Waals surface area (Å²) in [6, 6.07) is 5.41. The molecule has 1 aromatic carbocycles. The van der Waals surface area contributed by atoms with Gasteiger partial charge < -0.3 is 5.32 Å². The fourth-order valence-electron chi connectivity index (χ4n) is 2.41. The molecule has 1 aromatic heterocycles. The number of rotatable bonds is 3. The van der Waals surface area contributed by atoms with Gasteiger partial charge in [-0.3, -0.25) is 5.10 Å². The molecule has 2 N–H and O–H groups in total. The van der Waals surface area contributed by atoms with Crippen LogP contribution in [0.25, 0.3) is 0 Å². The number of halogens is 1. The Hall–Kier alpha value is -1.68. The van der Waals surface area contributed by atoms with Crippen molar-refractivity contribution in [1.82, 2.24) is 15.5 Å². The topological polar surface area (TPSA) is 40.7 Å². The quantitative estimate of drug-likeness (QED) is 0.851. The summed E-state index contributed by atoms with van der Waals surface area (Å²) < 4.78 is 13.1. The molecule has 0 fully saturated rings. The lowest BCUT2D eigenvalue weighted by Crippen LogP contribution is -2.18. The number of fused-ring (bicyclic) bond motifs is 1. The lowest BCUT2D eigenvalue weighted by Gasteiger charge is -2.13. The summed E-state index contributed by atoms with van der Waals surface area (Å²) in [4.78, 5) is 0. The van der Waals surface area contributed by atoms with Crippen molar-refractivity contribution in [3.8, 4) is 0 Å². The summed E-state index contributed by atoms with van der Waals surface area (Å²) >= 11 is 0. The monoisotopic (exact) mass is 231 g/mol. The van der Waals surface area contributed by atoms with E-state index in [4.69, 9.17) is 0 Å². The first-order chi connectivity index (χ1) is 8.33. The third-order valence-electron chi connectivity index (χ3n) is 3.29. The van der Waals surface area contributed by atoms with Crippen molar-refractivity contribution < 1.29 is 4.39 Å². The zero-order valence-corrected chi connectivity index (χ0v) is 9.41. The van der Waals surface area contributed by atoms with Gasteiger partial charge in [0.15, 0.2) is 0 Å². The summed E-state index contributed by atoms with van der Waals surface area (Å²) in [5.74, 6) is -0.140. The molecule has 0 saturated heterocycles. The van der Waals surface area contributed by atoms with E-state index in [2.05, 4.69) is 15.5 Å². The molecule has 3 nitrogen and oxygen atoms in total. The summed E-state index contributed by atoms with van der Waals surface area (Å²) in [6.07, 6.45) is 5.69. The molecule has 3 rings (SSSR count). The van der Waals surface area contributed by atoms with E-state index in [1.54, 1.807) is 6.07 Å². The third-order valence-corrected chi connectivity index (χ3v) is 3.29. The van der Waals surface area contributed by atoms with Crippen molar-refractivity contribution in [3.63, 3.8) is 0 Å². The highest BCUT2D eigenvalue weighted by atomic mass is 19.1. The van der Waals surface area contributed by atoms with Gasteiger partial charge >= 0.3 is 0 Å². The van der Waals surface area contributed by atoms with Crippen LogP contribution in [0, 0.1) is 5.82 Å². The maximum atomic E-state index is 13.1. The van der Waals surface area contributed by atoms with Crippen LogP contribution in [-0.2, 0) is 13.0 Å². The van der Waals surface area contributed by atoms with Crippen molar-refractivity contribution in [2.24, 2.45) is 0 Å². The van der Waals surface area contributed by atoms with Crippen LogP contribution < -0.4 is 5.32 Å². The maximum absolute atomic E-state index is 13.1. The molecule has 2 aromatic rings. The average Bonchev–Trinajstić information content (AvgIpc) is 2.94. The SMILES string of the molecule is Fc1ccc2c(c1)CCC2NCc1cn[nH]c1. The normalized spacial score (nSPS) is 18.3. The van der Waals surface area contributed by atoms with Crippen LogP contribution >= 0.6 is 0 Å². The van der Waals surface area contributed by atoms with E-state index in [0.29, 0.717) is 6.04 Å². The minimum atomic E-state index is -0.140. The summed E-state index contributed by atoms with van der Waals surface area (Å²) in [5.41, 5.74) is 3.50. The van der Waals surface area contributed by atoms with Crippen LogP contribution in [0.3, 0.4) is 0 Å². The Balaban J connectivity index is 1.71. The second-order valence-electron chi connectivity index (χ2n) is 4.42. The minimum absolute atomic E-state index is 0.140. The predicted octanol–water partition coefficient (Wildman–Crippen LogP) is 2.33. The van der Waals surface area contributed by atoms with Crippen LogP contribution in [0.5, 0.6) is 0 Å². The Labute approximate surface area is 99.1 Å². The van der Waals surface area contributed by atoms with E-state index >= 15 is 0 Å². The standard InChI is InChI=1S/C13H14FN3/c14-11-2-3-12-10(5-11)1-4-13(12)15-6-9-7-16-17-8-9/h2-3,5,7-8,13,15H,1,4,6H2,(H,16,17). The fourth-order valence-corrected chi connectivity index (χ4v) is 2.41. The Bertz CT molecular complexity index is 507. The molecular formula is C13H14FN3. The Kier molecular flexibility index (Phi) is 2.65. The van der Waals surface area contributed by atoms with Crippen molar-refractivity contribution in [3.05, 3.63) is 53.1 Å². The molecule has 0 aliphatic heterocycles. The molecule has 17 heavy (non-hydrogen) atoms. The molecule has 1 aliphatic rings. The summed E-state index contributed by atoms with van der Waals surface area (Å²) in [5, 5.41) is 10.2. The molecule has 1 unspecified atom stereocenters. The van der Waals surface area contributed by atoms with Gasteiger partial charge in [0.05, 0.1) is 6.20 Å². The number of aryl methyl sites for hydroxylation is 1. The van der Waals surface area contributed by atoms with Gasteiger partial charge in [0.25, 0.3) is 0 Å². The number of nitrogens with zero attached hydrogens (tertiary/aromatic N) is 1. The lowest BCUT2D eigenvalue weighted by atomic mass is 10.1. The van der Waals surface area contributed by atoms with Gasteiger partial charge in [0, 0.05) is 24.3 Å². The maximum Gasteiger partial charge on any atom is 0.123 e. The first kappa shape index (κ1) is 10.5. The minimum Gasteiger partial charge on any atom is -0.306 e. The largest absolute Gasteiger partial charge is 0.306 e. The number of hydrogen-bond donors (Lipinski definition) is 2. The third kappa shape index (κ3) is 2.08. The highest BCUT2D eigenvalue weighted by molar-refractivity contribution is 5.35. The Morgan fingerprint density at radius 1 is 1.47 bits per heavy atom. The first-order valence-corrected chi connectivity index (χ1v) is 5.82. The number of aromatic amines is 1. The van der Waals surface area contributed by atoms with Gasteiger partial charge in [-0.25, -0.2) is 4.39 Å². The smallest absolute Gasteiger partial charge is 0.123 e. The van der Waals surface area contributed by atoms with Crippen molar-refractivity contribution in [1.29, 1.82) is 0 Å². The second kappa shape index (κ2) is 4.30. The van der Waals surface area contributed by atoms with Gasteiger partial charge in [0.2, 0.25) is 0 Å². The Morgan fingerprint density at radius 3 is 3.24 bits per heavy atom. The second-order valence-corrected chi connectivity index (χ2v) is 4.42. The van der Waals surface area contributed by atoms with Crippen LogP contribution in [0.1, 0.15) is 29.2 Å². The number of benzene rings is 1. The van der Waals surface area contributed by atoms with E-state index < -0.39 is 0 Å². The predicted molar refractivity (Wildman–Crippen MR) is 62.9 cm³/mol. The molecule has 4 heteroatoms. The molecule has 1 aliphatic carbocycles. The number of hydrogen-bond acceptors (Lipinski definition) is 2. The van der Waals surface area contributed by atoms with Crippen LogP contribution in [0.4, 0.5) is 4.39 Å². The van der Waals surface area contributed by atoms with Gasteiger partial charge in [-0.15, -0.1) is 0 Å². The fraction of sp³-hybridized carbons (Fsp3) is 0.308. The molecule has 0 bridgehead atoms. The van der Waals surface area contributed by atoms with Crippen molar-refractivity contribution in [2.45, 2.75) is 25.4 Å². The Morgan fingerprint density at radius 2 is 2.41 bits per heavy atom. The lowest BCUT2D eigenvalue weighted by molar-refractivity contribution is 0.530. The van der Waals surface area contributed by atoms with Gasteiger partial charge in [-0.2, -0.15) is 5.10 Å². The van der Waals surface area contributed by atoms with E-state index in [1.165, 1.54) is 11.6 Å². The van der Waals surface area contributed by atoms with E-state index in [-0.39, 0.29) is 5.82 Å². The highest BCUT2D eigenvalue weighted by Gasteiger charge is 2.22. The molecule has 88 valence electrons. The van der Waals surface area contributed by atoms with E-state index in [1.807, 2.05) is 18.5 Å². The van der Waals surface area contributed by atoms with Crippen LogP contribution in [0.2, 0.25) is 0 Å². The van der Waals surface area contributed by atoms with Crippen LogP contribution in [-0.4, -0.2) is 10.2 Å². The number of nitrogens with one attached hydrogen (secondary N) is 2. The van der Waals surface area contributed by atoms with Crippen molar-refractivity contribution >= 4 is 0 Å². The zero-order chi connectivity index (χ0) is 11.7. The number of aromatic nitrogens is 2. The van der Waals surface area contributed by atoms with Gasteiger partial charge in [-0.05, 0) is 36.1 Å².